The van der Waals surface area contributed by atoms with E-state index in [-0.39, 0.29) is 19.6 Å². The summed E-state index contributed by atoms with van der Waals surface area (Å²) in [5.74, 6) is -2.67. The van der Waals surface area contributed by atoms with Crippen molar-refractivity contribution in [2.24, 2.45) is 17.6 Å². The number of hydrogen-bond acceptors (Lipinski definition) is 7. The minimum Gasteiger partial charge on any atom is -0.454 e. The maximum Gasteiger partial charge on any atom is 0.250 e. The summed E-state index contributed by atoms with van der Waals surface area (Å²) < 4.78 is 10.7. The van der Waals surface area contributed by atoms with Gasteiger partial charge in [-0.1, -0.05) is 18.2 Å². The summed E-state index contributed by atoms with van der Waals surface area (Å²) in [6.45, 7) is 0.0606. The number of amides is 4. The first-order valence-electron chi connectivity index (χ1n) is 10.7. The Bertz CT molecular complexity index is 1250. The van der Waals surface area contributed by atoms with Crippen molar-refractivity contribution in [2.75, 3.05) is 17.0 Å². The van der Waals surface area contributed by atoms with Gasteiger partial charge in [0.25, 0.3) is 0 Å². The lowest BCUT2D eigenvalue weighted by molar-refractivity contribution is -0.130. The van der Waals surface area contributed by atoms with Crippen molar-refractivity contribution < 1.29 is 28.7 Å². The third-order valence-electron chi connectivity index (χ3n) is 6.94. The first-order chi connectivity index (χ1) is 15.9. The van der Waals surface area contributed by atoms with Crippen LogP contribution in [0.15, 0.2) is 42.5 Å². The van der Waals surface area contributed by atoms with E-state index < -0.39 is 47.0 Å². The van der Waals surface area contributed by atoms with Gasteiger partial charge >= 0.3 is 0 Å². The van der Waals surface area contributed by atoms with Crippen LogP contribution in [0.4, 0.5) is 11.4 Å². The van der Waals surface area contributed by atoms with Gasteiger partial charge in [-0.25, -0.2) is 4.90 Å². The number of primary amides is 1. The van der Waals surface area contributed by atoms with Gasteiger partial charge in [0.2, 0.25) is 30.4 Å². The van der Waals surface area contributed by atoms with Crippen molar-refractivity contribution >= 4 is 35.0 Å². The third kappa shape index (κ3) is 2.58. The lowest BCUT2D eigenvalue weighted by Gasteiger charge is -2.29. The minimum absolute atomic E-state index is 0.0196. The number of ether oxygens (including phenoxy) is 2. The molecule has 4 aliphatic rings. The molecule has 0 aliphatic carbocycles. The largest absolute Gasteiger partial charge is 0.454 e. The quantitative estimate of drug-likeness (QED) is 0.582. The van der Waals surface area contributed by atoms with Gasteiger partial charge in [-0.3, -0.25) is 24.5 Å². The molecule has 0 bridgehead atoms. The molecule has 4 atom stereocenters. The molecule has 4 N–H and O–H groups in total. The van der Waals surface area contributed by atoms with Gasteiger partial charge in [0.15, 0.2) is 11.5 Å². The monoisotopic (exact) mass is 448 g/mol. The van der Waals surface area contributed by atoms with E-state index in [1.54, 1.807) is 42.5 Å². The molecule has 2 aromatic carbocycles. The predicted molar refractivity (Wildman–Crippen MR) is 114 cm³/mol. The maximum absolute atomic E-state index is 13.8. The van der Waals surface area contributed by atoms with Crippen molar-refractivity contribution in [1.82, 2.24) is 5.32 Å². The number of carbonyl (C=O) groups excluding carboxylic acids is 4. The summed E-state index contributed by atoms with van der Waals surface area (Å²) in [4.78, 5) is 53.4. The Labute approximate surface area is 188 Å². The van der Waals surface area contributed by atoms with Gasteiger partial charge < -0.3 is 20.5 Å². The fraction of sp³-hybridized carbons (Fsp3) is 0.304. The van der Waals surface area contributed by atoms with Gasteiger partial charge in [0, 0.05) is 29.8 Å². The first-order valence-corrected chi connectivity index (χ1v) is 10.7. The van der Waals surface area contributed by atoms with Crippen LogP contribution in [0.2, 0.25) is 0 Å². The highest BCUT2D eigenvalue weighted by Crippen LogP contribution is 2.54. The Morgan fingerprint density at radius 3 is 2.70 bits per heavy atom. The molecule has 0 aromatic heterocycles. The van der Waals surface area contributed by atoms with Crippen molar-refractivity contribution in [3.63, 3.8) is 0 Å². The van der Waals surface area contributed by atoms with E-state index in [0.29, 0.717) is 28.4 Å². The van der Waals surface area contributed by atoms with Crippen LogP contribution in [-0.2, 0) is 24.7 Å². The molecule has 2 fully saturated rings. The molecular weight excluding hydrogens is 428 g/mol. The number of nitrogens with one attached hydrogen (secondary N) is 2. The Hall–Kier alpha value is -3.92. The zero-order valence-corrected chi connectivity index (χ0v) is 17.4. The Kier molecular flexibility index (Phi) is 4.06. The molecule has 1 spiro atoms. The normalized spacial score (nSPS) is 28.9. The van der Waals surface area contributed by atoms with Crippen LogP contribution < -0.4 is 30.7 Å². The van der Waals surface area contributed by atoms with Gasteiger partial charge in [-0.15, -0.1) is 0 Å². The molecule has 10 heteroatoms. The number of hydrogen-bond donors (Lipinski definition) is 3. The molecule has 4 aliphatic heterocycles. The molecule has 168 valence electrons. The number of benzene rings is 2. The van der Waals surface area contributed by atoms with Gasteiger partial charge in [0.1, 0.15) is 5.54 Å². The molecule has 0 radical (unpaired) electrons. The van der Waals surface area contributed by atoms with Crippen molar-refractivity contribution in [3.8, 4) is 11.5 Å². The minimum atomic E-state index is -1.42. The number of imide groups is 1. The number of rotatable bonds is 4. The zero-order valence-electron chi connectivity index (χ0n) is 17.4. The number of anilines is 2. The SMILES string of the molecule is NC(=O)CC[C@@H]1N[C@]2(C(=O)Nc3ccccc32)[C@@H]2C(=O)N(c3ccc4c(c3)OCO4)C(=O)[C@H]12. The van der Waals surface area contributed by atoms with Gasteiger partial charge in [0.05, 0.1) is 17.5 Å². The van der Waals surface area contributed by atoms with E-state index in [4.69, 9.17) is 15.2 Å². The lowest BCUT2D eigenvalue weighted by Crippen LogP contribution is -2.53. The summed E-state index contributed by atoms with van der Waals surface area (Å²) in [5, 5.41) is 6.11. The molecular formula is C23H20N4O6. The molecule has 0 unspecified atom stereocenters. The maximum atomic E-state index is 13.8. The van der Waals surface area contributed by atoms with E-state index >= 15 is 0 Å². The molecule has 2 saturated heterocycles. The number of carbonyl (C=O) groups is 4. The van der Waals surface area contributed by atoms with Crippen molar-refractivity contribution in [2.45, 2.75) is 24.4 Å². The van der Waals surface area contributed by atoms with Crippen molar-refractivity contribution in [1.29, 1.82) is 0 Å². The van der Waals surface area contributed by atoms with Crippen LogP contribution in [0.25, 0.3) is 0 Å². The highest BCUT2D eigenvalue weighted by Gasteiger charge is 2.70. The first kappa shape index (κ1) is 19.7. The topological polar surface area (TPSA) is 140 Å². The van der Waals surface area contributed by atoms with E-state index in [0.717, 1.165) is 4.90 Å². The lowest BCUT2D eigenvalue weighted by atomic mass is 9.76. The number of nitrogens with two attached hydrogens (primary N) is 1. The van der Waals surface area contributed by atoms with Crippen LogP contribution in [0.5, 0.6) is 11.5 Å². The molecule has 6 rings (SSSR count). The number of nitrogens with zero attached hydrogens (tertiary/aromatic N) is 1. The van der Waals surface area contributed by atoms with E-state index in [9.17, 15) is 19.2 Å². The fourth-order valence-electron chi connectivity index (χ4n) is 5.58. The van der Waals surface area contributed by atoms with Crippen LogP contribution in [0.3, 0.4) is 0 Å². The molecule has 10 nitrogen and oxygen atoms in total. The Morgan fingerprint density at radius 2 is 1.88 bits per heavy atom. The predicted octanol–water partition coefficient (Wildman–Crippen LogP) is 0.606. The van der Waals surface area contributed by atoms with E-state index in [1.807, 2.05) is 0 Å². The van der Waals surface area contributed by atoms with Crippen LogP contribution in [0, 0.1) is 11.8 Å². The fourth-order valence-corrected chi connectivity index (χ4v) is 5.58. The average molecular weight is 448 g/mol. The smallest absolute Gasteiger partial charge is 0.250 e. The second-order valence-corrected chi connectivity index (χ2v) is 8.62. The number of fused-ring (bicyclic) bond motifs is 5. The summed E-state index contributed by atoms with van der Waals surface area (Å²) in [7, 11) is 0. The highest BCUT2D eigenvalue weighted by atomic mass is 16.7. The Morgan fingerprint density at radius 1 is 1.09 bits per heavy atom. The average Bonchev–Trinajstić information content (AvgIpc) is 3.52. The molecule has 4 heterocycles. The zero-order chi connectivity index (χ0) is 22.9. The van der Waals surface area contributed by atoms with Gasteiger partial charge in [-0.05, 0) is 24.6 Å². The van der Waals surface area contributed by atoms with Crippen LogP contribution in [0.1, 0.15) is 18.4 Å². The summed E-state index contributed by atoms with van der Waals surface area (Å²) >= 11 is 0. The summed E-state index contributed by atoms with van der Waals surface area (Å²) in [5.41, 5.74) is 5.49. The Balaban J connectivity index is 1.47. The third-order valence-corrected chi connectivity index (χ3v) is 6.94. The van der Waals surface area contributed by atoms with Crippen LogP contribution >= 0.6 is 0 Å². The molecule has 33 heavy (non-hydrogen) atoms. The second-order valence-electron chi connectivity index (χ2n) is 8.62. The van der Waals surface area contributed by atoms with Crippen LogP contribution in [-0.4, -0.2) is 36.5 Å². The van der Waals surface area contributed by atoms with E-state index in [1.165, 1.54) is 0 Å². The second kappa shape index (κ2) is 6.79. The standard InChI is InChI=1S/C23H20N4O6/c24-17(28)8-6-14-18-19(23(26-14)12-3-1-2-4-13(12)25-22(23)31)21(30)27(20(18)29)11-5-7-15-16(9-11)33-10-32-15/h1-5,7,9,14,18-19,26H,6,8,10H2,(H2,24,28)(H,25,31)/t14-,18+,19-,23-/m0/s1. The van der Waals surface area contributed by atoms with Gasteiger partial charge in [-0.2, -0.15) is 0 Å². The highest BCUT2D eigenvalue weighted by molar-refractivity contribution is 6.25. The molecule has 4 amide bonds. The number of para-hydroxylation sites is 1. The molecule has 2 aromatic rings. The van der Waals surface area contributed by atoms with E-state index in [2.05, 4.69) is 10.6 Å². The summed E-state index contributed by atoms with van der Waals surface area (Å²) in [6.07, 6.45) is 0.243. The summed E-state index contributed by atoms with van der Waals surface area (Å²) in [6, 6.07) is 11.4. The molecule has 0 saturated carbocycles. The van der Waals surface area contributed by atoms with Crippen molar-refractivity contribution in [3.05, 3.63) is 48.0 Å².